The van der Waals surface area contributed by atoms with E-state index in [9.17, 15) is 36.3 Å². The van der Waals surface area contributed by atoms with Crippen molar-refractivity contribution in [2.75, 3.05) is 6.54 Å². The van der Waals surface area contributed by atoms with Gasteiger partial charge in [-0.25, -0.2) is 13.6 Å². The normalized spacial score (nSPS) is 16.4. The molecule has 0 bridgehead atoms. The summed E-state index contributed by atoms with van der Waals surface area (Å²) in [6, 6.07) is 3.07. The molecule has 1 saturated heterocycles. The highest BCUT2D eigenvalue weighted by Crippen LogP contribution is 2.33. The molecular formula is C18H12F5N3O3. The standard InChI is InChI=1S/C18H12F5N3O3/c19-11-6-5-10(15(27)24-7-12-16(28)26-17(29)25-12)13(14(11)20)8-1-3-9(4-2-8)18(21,22)23/h1-6,12H,7H2,(H,24,27)(H2,25,26,28,29). The van der Waals surface area contributed by atoms with Crippen LogP contribution in [0, 0.1) is 11.6 Å². The van der Waals surface area contributed by atoms with Gasteiger partial charge in [0.1, 0.15) is 6.04 Å². The van der Waals surface area contributed by atoms with Gasteiger partial charge in [0.25, 0.3) is 11.8 Å². The quantitative estimate of drug-likeness (QED) is 0.532. The van der Waals surface area contributed by atoms with Gasteiger partial charge in [-0.1, -0.05) is 12.1 Å². The van der Waals surface area contributed by atoms with Crippen molar-refractivity contribution in [3.63, 3.8) is 0 Å². The number of carbonyl (C=O) groups excluding carboxylic acids is 3. The van der Waals surface area contributed by atoms with Crippen LogP contribution in [0.2, 0.25) is 0 Å². The molecule has 6 nitrogen and oxygen atoms in total. The van der Waals surface area contributed by atoms with Crippen molar-refractivity contribution in [3.05, 3.63) is 59.2 Å². The van der Waals surface area contributed by atoms with Crippen LogP contribution in [-0.2, 0) is 11.0 Å². The van der Waals surface area contributed by atoms with Crippen LogP contribution in [0.4, 0.5) is 26.7 Å². The van der Waals surface area contributed by atoms with E-state index in [0.29, 0.717) is 18.2 Å². The first kappa shape index (κ1) is 20.2. The van der Waals surface area contributed by atoms with Crippen LogP contribution >= 0.6 is 0 Å². The molecule has 1 aliphatic rings. The Hall–Kier alpha value is -3.50. The SMILES string of the molecule is O=C1NC(=O)C(CNC(=O)c2ccc(F)c(F)c2-c2ccc(C(F)(F)F)cc2)N1. The van der Waals surface area contributed by atoms with Crippen LogP contribution in [0.1, 0.15) is 15.9 Å². The summed E-state index contributed by atoms with van der Waals surface area (Å²) in [4.78, 5) is 35.0. The van der Waals surface area contributed by atoms with Gasteiger partial charge in [0.15, 0.2) is 11.6 Å². The van der Waals surface area contributed by atoms with E-state index in [1.54, 1.807) is 0 Å². The minimum atomic E-state index is -4.62. The zero-order chi connectivity index (χ0) is 21.3. The molecule has 0 saturated carbocycles. The summed E-state index contributed by atoms with van der Waals surface area (Å²) in [5.41, 5.74) is -2.02. The summed E-state index contributed by atoms with van der Waals surface area (Å²) < 4.78 is 66.3. The molecule has 29 heavy (non-hydrogen) atoms. The number of carbonyl (C=O) groups is 3. The predicted octanol–water partition coefficient (Wildman–Crippen LogP) is 2.59. The van der Waals surface area contributed by atoms with E-state index in [2.05, 4.69) is 10.6 Å². The summed E-state index contributed by atoms with van der Waals surface area (Å²) in [6.07, 6.45) is -4.62. The number of nitrogens with one attached hydrogen (secondary N) is 3. The first-order valence-electron chi connectivity index (χ1n) is 8.13. The van der Waals surface area contributed by atoms with Gasteiger partial charge in [0, 0.05) is 12.1 Å². The monoisotopic (exact) mass is 413 g/mol. The number of rotatable bonds is 4. The molecule has 3 N–H and O–H groups in total. The minimum Gasteiger partial charge on any atom is -0.349 e. The molecule has 1 heterocycles. The maximum Gasteiger partial charge on any atom is 0.416 e. The second kappa shape index (κ2) is 7.49. The molecule has 1 unspecified atom stereocenters. The maximum atomic E-state index is 14.4. The van der Waals surface area contributed by atoms with Gasteiger partial charge in [0.05, 0.1) is 11.1 Å². The fraction of sp³-hybridized carbons (Fsp3) is 0.167. The van der Waals surface area contributed by atoms with Gasteiger partial charge >= 0.3 is 12.2 Å². The highest BCUT2D eigenvalue weighted by atomic mass is 19.4. The van der Waals surface area contributed by atoms with E-state index in [-0.39, 0.29) is 17.7 Å². The highest BCUT2D eigenvalue weighted by Gasteiger charge is 2.31. The summed E-state index contributed by atoms with van der Waals surface area (Å²) >= 11 is 0. The lowest BCUT2D eigenvalue weighted by atomic mass is 9.97. The van der Waals surface area contributed by atoms with Gasteiger partial charge in [-0.15, -0.1) is 0 Å². The zero-order valence-electron chi connectivity index (χ0n) is 14.4. The van der Waals surface area contributed by atoms with Crippen molar-refractivity contribution in [2.24, 2.45) is 0 Å². The van der Waals surface area contributed by atoms with Gasteiger partial charge in [0.2, 0.25) is 0 Å². The molecule has 2 aromatic rings. The number of urea groups is 1. The fourth-order valence-electron chi connectivity index (χ4n) is 2.74. The van der Waals surface area contributed by atoms with E-state index in [1.807, 2.05) is 5.32 Å². The first-order chi connectivity index (χ1) is 13.6. The van der Waals surface area contributed by atoms with Gasteiger partial charge in [-0.05, 0) is 29.8 Å². The zero-order valence-corrected chi connectivity index (χ0v) is 14.4. The van der Waals surface area contributed by atoms with Crippen LogP contribution in [0.25, 0.3) is 11.1 Å². The van der Waals surface area contributed by atoms with Crippen molar-refractivity contribution in [2.45, 2.75) is 12.2 Å². The lowest BCUT2D eigenvalue weighted by Crippen LogP contribution is -2.41. The molecule has 0 aliphatic carbocycles. The number of alkyl halides is 3. The van der Waals surface area contributed by atoms with Crippen molar-refractivity contribution in [1.29, 1.82) is 0 Å². The third-order valence-corrected chi connectivity index (χ3v) is 4.17. The van der Waals surface area contributed by atoms with Crippen LogP contribution < -0.4 is 16.0 Å². The van der Waals surface area contributed by atoms with Gasteiger partial charge in [-0.3, -0.25) is 14.9 Å². The number of hydrogen-bond donors (Lipinski definition) is 3. The Morgan fingerprint density at radius 2 is 1.69 bits per heavy atom. The average molecular weight is 413 g/mol. The Morgan fingerprint density at radius 1 is 1.03 bits per heavy atom. The van der Waals surface area contributed by atoms with Crippen molar-refractivity contribution in [3.8, 4) is 11.1 Å². The summed E-state index contributed by atoms with van der Waals surface area (Å²) in [6.45, 7) is -0.331. The Morgan fingerprint density at radius 3 is 2.24 bits per heavy atom. The third-order valence-electron chi connectivity index (χ3n) is 4.17. The van der Waals surface area contributed by atoms with Crippen LogP contribution in [0.3, 0.4) is 0 Å². The second-order valence-electron chi connectivity index (χ2n) is 6.08. The number of halogens is 5. The van der Waals surface area contributed by atoms with Crippen molar-refractivity contribution < 1.29 is 36.3 Å². The number of hydrogen-bond acceptors (Lipinski definition) is 3. The van der Waals surface area contributed by atoms with Crippen LogP contribution in [-0.4, -0.2) is 30.4 Å². The van der Waals surface area contributed by atoms with Gasteiger partial charge < -0.3 is 10.6 Å². The molecule has 1 atom stereocenters. The topological polar surface area (TPSA) is 87.3 Å². The molecule has 4 amide bonds. The van der Waals surface area contributed by atoms with E-state index >= 15 is 0 Å². The van der Waals surface area contributed by atoms with E-state index in [0.717, 1.165) is 18.2 Å². The van der Waals surface area contributed by atoms with E-state index in [1.165, 1.54) is 0 Å². The molecular weight excluding hydrogens is 401 g/mol. The molecule has 11 heteroatoms. The maximum absolute atomic E-state index is 14.4. The largest absolute Gasteiger partial charge is 0.416 e. The highest BCUT2D eigenvalue weighted by molar-refractivity contribution is 6.05. The molecule has 1 aliphatic heterocycles. The molecule has 3 rings (SSSR count). The number of benzene rings is 2. The molecule has 0 radical (unpaired) electrons. The molecule has 0 aromatic heterocycles. The molecule has 152 valence electrons. The number of amides is 4. The minimum absolute atomic E-state index is 0.146. The van der Waals surface area contributed by atoms with E-state index < -0.39 is 52.8 Å². The third kappa shape index (κ3) is 4.18. The summed E-state index contributed by atoms with van der Waals surface area (Å²) in [5, 5.41) is 6.50. The summed E-state index contributed by atoms with van der Waals surface area (Å²) in [7, 11) is 0. The Labute approximate surface area is 160 Å². The van der Waals surface area contributed by atoms with Crippen LogP contribution in [0.15, 0.2) is 36.4 Å². The Bertz CT molecular complexity index is 989. The lowest BCUT2D eigenvalue weighted by molar-refractivity contribution is -0.137. The second-order valence-corrected chi connectivity index (χ2v) is 6.08. The smallest absolute Gasteiger partial charge is 0.349 e. The van der Waals surface area contributed by atoms with E-state index in [4.69, 9.17) is 0 Å². The van der Waals surface area contributed by atoms with Crippen molar-refractivity contribution in [1.82, 2.24) is 16.0 Å². The molecule has 0 spiro atoms. The summed E-state index contributed by atoms with van der Waals surface area (Å²) in [5.74, 6) is -4.29. The van der Waals surface area contributed by atoms with Crippen molar-refractivity contribution >= 4 is 17.8 Å². The predicted molar refractivity (Wildman–Crippen MR) is 89.6 cm³/mol. The Balaban J connectivity index is 1.90. The number of imide groups is 1. The Kier molecular flexibility index (Phi) is 5.23. The lowest BCUT2D eigenvalue weighted by Gasteiger charge is -2.14. The first-order valence-corrected chi connectivity index (χ1v) is 8.13. The molecule has 1 fully saturated rings. The molecule has 2 aromatic carbocycles. The average Bonchev–Trinajstić information content (AvgIpc) is 2.98. The fourth-order valence-corrected chi connectivity index (χ4v) is 2.74. The van der Waals surface area contributed by atoms with Gasteiger partial charge in [-0.2, -0.15) is 13.2 Å². The van der Waals surface area contributed by atoms with Crippen LogP contribution in [0.5, 0.6) is 0 Å².